The first-order chi connectivity index (χ1) is 6.40. The van der Waals surface area contributed by atoms with Crippen LogP contribution < -0.4 is 0 Å². The van der Waals surface area contributed by atoms with Crippen LogP contribution in [0.15, 0.2) is 12.5 Å². The number of carbonyl (C=O) groups is 1. The van der Waals surface area contributed by atoms with Gasteiger partial charge in [0.05, 0.1) is 0 Å². The van der Waals surface area contributed by atoms with E-state index in [1.165, 1.54) is 6.92 Å². The average Bonchev–Trinajstić information content (AvgIpc) is 2.01. The minimum Gasteiger partial charge on any atom is -0.449 e. The Bertz CT molecular complexity index is 353. The third kappa shape index (κ3) is 2.83. The molecule has 0 N–H and O–H groups in total. The minimum atomic E-state index is -4.96. The molecule has 0 saturated carbocycles. The summed E-state index contributed by atoms with van der Waals surface area (Å²) in [7, 11) is 0. The molecule has 0 aliphatic carbocycles. The summed E-state index contributed by atoms with van der Waals surface area (Å²) in [6, 6.07) is 0. The van der Waals surface area contributed by atoms with Crippen LogP contribution in [0.4, 0.5) is 12.9 Å². The summed E-state index contributed by atoms with van der Waals surface area (Å²) in [6.45, 7) is -3.79. The Morgan fingerprint density at radius 2 is 2.14 bits per heavy atom. The van der Waals surface area contributed by atoms with Crippen LogP contribution in [0.5, 0.6) is 0 Å². The predicted octanol–water partition coefficient (Wildman–Crippen LogP) is 1.61. The van der Waals surface area contributed by atoms with Crippen molar-refractivity contribution in [3.05, 3.63) is 23.8 Å². The molecule has 0 bridgehead atoms. The zero-order valence-electron chi connectivity index (χ0n) is 7.38. The summed E-state index contributed by atoms with van der Waals surface area (Å²) < 4.78 is 36.2. The normalized spacial score (nSPS) is 11.4. The number of hydrogen-bond acceptors (Lipinski definition) is 3. The molecule has 0 atom stereocenters. The van der Waals surface area contributed by atoms with E-state index < -0.39 is 19.1 Å². The molecule has 1 aromatic heterocycles. The second-order valence-corrected chi connectivity index (χ2v) is 2.87. The Morgan fingerprint density at radius 1 is 1.50 bits per heavy atom. The number of hydrogen-bond donors (Lipinski definition) is 0. The second-order valence-electron chi connectivity index (χ2n) is 2.87. The molecule has 0 unspecified atom stereocenters. The average molecular weight is 203 g/mol. The van der Waals surface area contributed by atoms with Crippen molar-refractivity contribution >= 4 is 12.8 Å². The summed E-state index contributed by atoms with van der Waals surface area (Å²) in [5.41, 5.74) is -0.313. The number of Topliss-reactive ketones (excluding diaryl/α,β-unsaturated/α-hetero) is 1. The zero-order chi connectivity index (χ0) is 10.8. The molecule has 0 spiro atoms. The van der Waals surface area contributed by atoms with Crippen molar-refractivity contribution in [1.82, 2.24) is 9.97 Å². The monoisotopic (exact) mass is 203 g/mol. The van der Waals surface area contributed by atoms with Gasteiger partial charge in [-0.25, -0.2) is 9.97 Å². The fourth-order valence-corrected chi connectivity index (χ4v) is 1.07. The van der Waals surface area contributed by atoms with Crippen molar-refractivity contribution in [2.75, 3.05) is 0 Å². The summed E-state index contributed by atoms with van der Waals surface area (Å²) >= 11 is 0. The molecule has 0 fully saturated rings. The smallest absolute Gasteiger partial charge is 0.449 e. The first-order valence-electron chi connectivity index (χ1n) is 3.91. The molecule has 0 radical (unpaired) electrons. The van der Waals surface area contributed by atoms with E-state index in [1.54, 1.807) is 0 Å². The van der Waals surface area contributed by atoms with E-state index in [4.69, 9.17) is 0 Å². The molecule has 0 aliphatic heterocycles. The molecule has 1 rings (SSSR count). The van der Waals surface area contributed by atoms with Gasteiger partial charge < -0.3 is 12.9 Å². The van der Waals surface area contributed by atoms with Gasteiger partial charge in [0.2, 0.25) is 0 Å². The van der Waals surface area contributed by atoms with Crippen molar-refractivity contribution < 1.29 is 17.7 Å². The third-order valence-electron chi connectivity index (χ3n) is 1.57. The highest BCUT2D eigenvalue weighted by atomic mass is 19.4. The quantitative estimate of drug-likeness (QED) is 0.553. The Balaban J connectivity index is 3.02. The highest BCUT2D eigenvalue weighted by molar-refractivity contribution is 6.57. The molecule has 1 aromatic rings. The van der Waals surface area contributed by atoms with Crippen LogP contribution in [-0.4, -0.2) is 22.7 Å². The van der Waals surface area contributed by atoms with Gasteiger partial charge in [-0.2, -0.15) is 0 Å². The van der Waals surface area contributed by atoms with Crippen molar-refractivity contribution in [2.24, 2.45) is 0 Å². The van der Waals surface area contributed by atoms with Crippen LogP contribution in [0.2, 0.25) is 0 Å². The molecule has 7 heteroatoms. The lowest BCUT2D eigenvalue weighted by atomic mass is 9.81. The third-order valence-corrected chi connectivity index (χ3v) is 1.57. The fourth-order valence-electron chi connectivity index (χ4n) is 1.07. The summed E-state index contributed by atoms with van der Waals surface area (Å²) in [6.07, 6.45) is 0.971. The Hall–Kier alpha value is -1.40. The number of rotatable bonds is 3. The van der Waals surface area contributed by atoms with Gasteiger partial charge in [-0.1, -0.05) is 6.32 Å². The van der Waals surface area contributed by atoms with E-state index in [-0.39, 0.29) is 11.3 Å². The van der Waals surface area contributed by atoms with Gasteiger partial charge in [-0.15, -0.1) is 0 Å². The summed E-state index contributed by atoms with van der Waals surface area (Å²) in [5, 5.41) is 0. The van der Waals surface area contributed by atoms with Crippen molar-refractivity contribution in [2.45, 2.75) is 13.2 Å². The van der Waals surface area contributed by atoms with E-state index in [2.05, 4.69) is 9.97 Å². The molecule has 76 valence electrons. The van der Waals surface area contributed by atoms with Crippen LogP contribution >= 0.6 is 0 Å². The maximum absolute atomic E-state index is 12.1. The van der Waals surface area contributed by atoms with Gasteiger partial charge in [0, 0.05) is 13.1 Å². The zero-order valence-corrected chi connectivity index (χ0v) is 7.38. The van der Waals surface area contributed by atoms with Gasteiger partial charge in [0.15, 0.2) is 5.78 Å². The molecular formula is C7H7BF3N2O-. The number of aromatic nitrogens is 2. The lowest BCUT2D eigenvalue weighted by molar-refractivity contribution is 0.101. The minimum absolute atomic E-state index is 0.154. The van der Waals surface area contributed by atoms with E-state index >= 15 is 0 Å². The second kappa shape index (κ2) is 3.77. The van der Waals surface area contributed by atoms with Crippen molar-refractivity contribution in [3.63, 3.8) is 0 Å². The number of nitrogens with zero attached hydrogens (tertiary/aromatic N) is 2. The van der Waals surface area contributed by atoms with Crippen molar-refractivity contribution in [1.29, 1.82) is 0 Å². The van der Waals surface area contributed by atoms with E-state index in [0.29, 0.717) is 0 Å². The van der Waals surface area contributed by atoms with Crippen molar-refractivity contribution in [3.8, 4) is 0 Å². The van der Waals surface area contributed by atoms with Crippen LogP contribution in [0, 0.1) is 0 Å². The number of halogens is 3. The maximum atomic E-state index is 12.1. The van der Waals surface area contributed by atoms with Gasteiger partial charge >= 0.3 is 6.98 Å². The molecular weight excluding hydrogens is 196 g/mol. The first kappa shape index (κ1) is 10.7. The predicted molar refractivity (Wildman–Crippen MR) is 44.8 cm³/mol. The number of carbonyl (C=O) groups excluding carboxylic acids is 1. The molecule has 0 amide bonds. The van der Waals surface area contributed by atoms with Gasteiger partial charge in [-0.05, 0) is 5.56 Å². The van der Waals surface area contributed by atoms with Gasteiger partial charge in [0.1, 0.15) is 12.0 Å². The molecule has 14 heavy (non-hydrogen) atoms. The Labute approximate surface area is 78.4 Å². The first-order valence-corrected chi connectivity index (χ1v) is 3.91. The summed E-state index contributed by atoms with van der Waals surface area (Å²) in [4.78, 5) is 17.9. The molecule has 1 heterocycles. The topological polar surface area (TPSA) is 42.9 Å². The van der Waals surface area contributed by atoms with E-state index in [1.807, 2.05) is 0 Å². The molecule has 3 nitrogen and oxygen atoms in total. The van der Waals surface area contributed by atoms with Crippen LogP contribution in [0.25, 0.3) is 0 Å². The molecule has 0 saturated heterocycles. The maximum Gasteiger partial charge on any atom is 0.482 e. The van der Waals surface area contributed by atoms with Crippen LogP contribution in [-0.2, 0) is 6.32 Å². The largest absolute Gasteiger partial charge is 0.482 e. The van der Waals surface area contributed by atoms with Crippen LogP contribution in [0.1, 0.15) is 23.0 Å². The Morgan fingerprint density at radius 3 is 2.64 bits per heavy atom. The van der Waals surface area contributed by atoms with Gasteiger partial charge in [0.25, 0.3) is 0 Å². The standard InChI is InChI=1S/C7H7BF3N2O/c1-5(14)7-6(2-8(9,10)11)3-12-4-13-7/h3-4H,2H2,1H3/q-1. The highest BCUT2D eigenvalue weighted by Crippen LogP contribution is 2.17. The SMILES string of the molecule is CC(=O)c1ncncc1C[B-](F)(F)F. The van der Waals surface area contributed by atoms with Gasteiger partial charge in [-0.3, -0.25) is 4.79 Å². The fraction of sp³-hybridized carbons (Fsp3) is 0.286. The molecule has 0 aliphatic rings. The van der Waals surface area contributed by atoms with E-state index in [0.717, 1.165) is 12.5 Å². The Kier molecular flexibility index (Phi) is 2.88. The van der Waals surface area contributed by atoms with E-state index in [9.17, 15) is 17.7 Å². The molecule has 0 aromatic carbocycles. The lowest BCUT2D eigenvalue weighted by Crippen LogP contribution is -2.21. The van der Waals surface area contributed by atoms with Crippen LogP contribution in [0.3, 0.4) is 0 Å². The number of ketones is 1. The summed E-state index contributed by atoms with van der Waals surface area (Å²) in [5.74, 6) is -0.484. The highest BCUT2D eigenvalue weighted by Gasteiger charge is 2.25. The lowest BCUT2D eigenvalue weighted by Gasteiger charge is -2.14.